The zero-order chi connectivity index (χ0) is 18.1. The van der Waals surface area contributed by atoms with Crippen LogP contribution < -0.4 is 4.74 Å². The van der Waals surface area contributed by atoms with E-state index < -0.39 is 0 Å². The number of aryl methyl sites for hydroxylation is 1. The number of benzene rings is 2. The van der Waals surface area contributed by atoms with Crippen LogP contribution in [0.2, 0.25) is 5.02 Å². The molecule has 0 atom stereocenters. The van der Waals surface area contributed by atoms with E-state index in [4.69, 9.17) is 16.3 Å². The standard InChI is InChI=1S/C21H21ClN2O2/c1-23-12-9-15-3-2-4-19(20(15)23)21(25)24-13-10-18(11-14-24)26-17-7-5-16(22)6-8-17/h2-9,12,18H,10-11,13-14H2,1H3. The lowest BCUT2D eigenvalue weighted by Gasteiger charge is -2.32. The van der Waals surface area contributed by atoms with Crippen LogP contribution in [0, 0.1) is 0 Å². The van der Waals surface area contributed by atoms with Crippen LogP contribution in [0.3, 0.4) is 0 Å². The van der Waals surface area contributed by atoms with E-state index in [1.807, 2.05) is 71.2 Å². The number of likely N-dealkylation sites (tertiary alicyclic amines) is 1. The quantitative estimate of drug-likeness (QED) is 0.681. The minimum Gasteiger partial charge on any atom is -0.490 e. The van der Waals surface area contributed by atoms with E-state index in [1.165, 1.54) is 0 Å². The summed E-state index contributed by atoms with van der Waals surface area (Å²) in [6.07, 6.45) is 3.79. The zero-order valence-corrected chi connectivity index (χ0v) is 15.4. The van der Waals surface area contributed by atoms with E-state index in [-0.39, 0.29) is 12.0 Å². The number of para-hydroxylation sites is 1. The molecule has 0 aliphatic carbocycles. The van der Waals surface area contributed by atoms with E-state index in [1.54, 1.807) is 0 Å². The summed E-state index contributed by atoms with van der Waals surface area (Å²) in [6.45, 7) is 1.41. The number of rotatable bonds is 3. The number of hydrogen-bond donors (Lipinski definition) is 0. The second-order valence-electron chi connectivity index (χ2n) is 6.73. The second kappa shape index (κ2) is 7.04. The number of piperidine rings is 1. The third-order valence-electron chi connectivity index (χ3n) is 4.97. The molecule has 2 aromatic carbocycles. The maximum atomic E-state index is 13.0. The highest BCUT2D eigenvalue weighted by molar-refractivity contribution is 6.30. The van der Waals surface area contributed by atoms with Crippen LogP contribution in [0.25, 0.3) is 10.9 Å². The van der Waals surface area contributed by atoms with Crippen molar-refractivity contribution in [1.29, 1.82) is 0 Å². The Morgan fingerprint density at radius 3 is 2.54 bits per heavy atom. The Morgan fingerprint density at radius 2 is 1.81 bits per heavy atom. The van der Waals surface area contributed by atoms with Crippen LogP contribution in [0.15, 0.2) is 54.7 Å². The van der Waals surface area contributed by atoms with E-state index in [2.05, 4.69) is 0 Å². The van der Waals surface area contributed by atoms with Gasteiger partial charge in [-0.1, -0.05) is 23.7 Å². The molecule has 4 rings (SSSR count). The molecule has 1 saturated heterocycles. The second-order valence-corrected chi connectivity index (χ2v) is 7.17. The minimum absolute atomic E-state index is 0.0994. The normalized spacial score (nSPS) is 15.4. The first-order valence-corrected chi connectivity index (χ1v) is 9.25. The molecule has 0 radical (unpaired) electrons. The van der Waals surface area contributed by atoms with Crippen LogP contribution in [0.1, 0.15) is 23.2 Å². The molecule has 5 heteroatoms. The van der Waals surface area contributed by atoms with Gasteiger partial charge in [-0.3, -0.25) is 4.79 Å². The van der Waals surface area contributed by atoms with Crippen LogP contribution in [-0.2, 0) is 7.05 Å². The first-order valence-electron chi connectivity index (χ1n) is 8.87. The number of amides is 1. The van der Waals surface area contributed by atoms with Gasteiger partial charge >= 0.3 is 0 Å². The van der Waals surface area contributed by atoms with Crippen molar-refractivity contribution in [3.63, 3.8) is 0 Å². The highest BCUT2D eigenvalue weighted by atomic mass is 35.5. The van der Waals surface area contributed by atoms with Crippen molar-refractivity contribution in [3.8, 4) is 5.75 Å². The summed E-state index contributed by atoms with van der Waals surface area (Å²) in [5, 5.41) is 1.80. The van der Waals surface area contributed by atoms with Gasteiger partial charge in [-0.25, -0.2) is 0 Å². The Bertz CT molecular complexity index is 925. The SMILES string of the molecule is Cn1ccc2cccc(C(=O)N3CCC(Oc4ccc(Cl)cc4)CC3)c21. The van der Waals surface area contributed by atoms with Crippen molar-refractivity contribution in [2.75, 3.05) is 13.1 Å². The van der Waals surface area contributed by atoms with Gasteiger partial charge in [0.1, 0.15) is 11.9 Å². The van der Waals surface area contributed by atoms with Gasteiger partial charge in [0, 0.05) is 49.6 Å². The number of hydrogen-bond acceptors (Lipinski definition) is 2. The number of ether oxygens (including phenoxy) is 1. The number of carbonyl (C=O) groups is 1. The molecule has 0 bridgehead atoms. The van der Waals surface area contributed by atoms with Gasteiger partial charge in [0.15, 0.2) is 0 Å². The average Bonchev–Trinajstić information content (AvgIpc) is 3.05. The first kappa shape index (κ1) is 17.0. The zero-order valence-electron chi connectivity index (χ0n) is 14.7. The smallest absolute Gasteiger partial charge is 0.255 e. The Morgan fingerprint density at radius 1 is 1.08 bits per heavy atom. The topological polar surface area (TPSA) is 34.5 Å². The van der Waals surface area contributed by atoms with Gasteiger partial charge in [-0.15, -0.1) is 0 Å². The molecule has 0 N–H and O–H groups in total. The predicted octanol–water partition coefficient (Wildman–Crippen LogP) is 4.52. The first-order chi connectivity index (χ1) is 12.6. The lowest BCUT2D eigenvalue weighted by molar-refractivity contribution is 0.0597. The van der Waals surface area contributed by atoms with Crippen molar-refractivity contribution in [2.24, 2.45) is 7.05 Å². The molecule has 1 aliphatic heterocycles. The summed E-state index contributed by atoms with van der Waals surface area (Å²) >= 11 is 5.91. The van der Waals surface area contributed by atoms with Crippen LogP contribution >= 0.6 is 11.6 Å². The molecule has 3 aromatic rings. The van der Waals surface area contributed by atoms with E-state index in [9.17, 15) is 4.79 Å². The number of nitrogens with zero attached hydrogens (tertiary/aromatic N) is 2. The van der Waals surface area contributed by atoms with Gasteiger partial charge in [-0.2, -0.15) is 0 Å². The Hall–Kier alpha value is -2.46. The number of halogens is 1. The van der Waals surface area contributed by atoms with Gasteiger partial charge in [0.25, 0.3) is 5.91 Å². The van der Waals surface area contributed by atoms with Crippen LogP contribution in [0.5, 0.6) is 5.75 Å². The Kier molecular flexibility index (Phi) is 4.60. The molecule has 0 spiro atoms. The summed E-state index contributed by atoms with van der Waals surface area (Å²) in [5.41, 5.74) is 1.77. The summed E-state index contributed by atoms with van der Waals surface area (Å²) in [4.78, 5) is 15.0. The molecule has 0 unspecified atom stereocenters. The third kappa shape index (κ3) is 3.29. The molecule has 26 heavy (non-hydrogen) atoms. The number of carbonyl (C=O) groups excluding carboxylic acids is 1. The fourth-order valence-electron chi connectivity index (χ4n) is 3.58. The third-order valence-corrected chi connectivity index (χ3v) is 5.23. The lowest BCUT2D eigenvalue weighted by Crippen LogP contribution is -2.41. The van der Waals surface area contributed by atoms with Crippen molar-refractivity contribution >= 4 is 28.4 Å². The fourth-order valence-corrected chi connectivity index (χ4v) is 3.71. The predicted molar refractivity (Wildman–Crippen MR) is 104 cm³/mol. The fraction of sp³-hybridized carbons (Fsp3) is 0.286. The van der Waals surface area contributed by atoms with E-state index in [0.29, 0.717) is 18.1 Å². The van der Waals surface area contributed by atoms with Gasteiger partial charge in [-0.05, 0) is 36.4 Å². The highest BCUT2D eigenvalue weighted by Crippen LogP contribution is 2.24. The maximum Gasteiger partial charge on any atom is 0.255 e. The van der Waals surface area contributed by atoms with Gasteiger partial charge < -0.3 is 14.2 Å². The summed E-state index contributed by atoms with van der Waals surface area (Å²) in [5.74, 6) is 0.926. The van der Waals surface area contributed by atoms with Gasteiger partial charge in [0.05, 0.1) is 11.1 Å². The highest BCUT2D eigenvalue weighted by Gasteiger charge is 2.26. The van der Waals surface area contributed by atoms with Crippen molar-refractivity contribution in [1.82, 2.24) is 9.47 Å². The molecule has 1 amide bonds. The molecule has 1 aliphatic rings. The number of fused-ring (bicyclic) bond motifs is 1. The van der Waals surface area contributed by atoms with Crippen LogP contribution in [-0.4, -0.2) is 34.6 Å². The Labute approximate surface area is 157 Å². The van der Waals surface area contributed by atoms with Gasteiger partial charge in [0.2, 0.25) is 0 Å². The molecule has 2 heterocycles. The lowest BCUT2D eigenvalue weighted by atomic mass is 10.0. The van der Waals surface area contributed by atoms with Crippen molar-refractivity contribution in [2.45, 2.75) is 18.9 Å². The monoisotopic (exact) mass is 368 g/mol. The van der Waals surface area contributed by atoms with Crippen molar-refractivity contribution in [3.05, 3.63) is 65.3 Å². The molecule has 1 fully saturated rings. The molecule has 1 aromatic heterocycles. The summed E-state index contributed by atoms with van der Waals surface area (Å²) < 4.78 is 8.03. The van der Waals surface area contributed by atoms with Crippen molar-refractivity contribution < 1.29 is 9.53 Å². The molecular formula is C21H21ClN2O2. The average molecular weight is 369 g/mol. The summed E-state index contributed by atoms with van der Waals surface area (Å²) in [6, 6.07) is 15.4. The molecular weight excluding hydrogens is 348 g/mol. The maximum absolute atomic E-state index is 13.0. The van der Waals surface area contributed by atoms with E-state index >= 15 is 0 Å². The molecule has 4 nitrogen and oxygen atoms in total. The minimum atomic E-state index is 0.0994. The van der Waals surface area contributed by atoms with E-state index in [0.717, 1.165) is 35.1 Å². The number of aromatic nitrogens is 1. The molecule has 0 saturated carbocycles. The molecule has 134 valence electrons. The Balaban J connectivity index is 1.43. The summed E-state index contributed by atoms with van der Waals surface area (Å²) in [7, 11) is 1.98. The van der Waals surface area contributed by atoms with Crippen LogP contribution in [0.4, 0.5) is 0 Å². The largest absolute Gasteiger partial charge is 0.490 e.